The van der Waals surface area contributed by atoms with Gasteiger partial charge in [0.2, 0.25) is 5.79 Å². The molecule has 0 amide bonds. The Labute approximate surface area is 344 Å². The second-order valence-electron chi connectivity index (χ2n) is 17.2. The summed E-state index contributed by atoms with van der Waals surface area (Å²) in [5.41, 5.74) is -4.55. The highest BCUT2D eigenvalue weighted by Crippen LogP contribution is 2.50. The molecule has 3 fully saturated rings. The van der Waals surface area contributed by atoms with Crippen molar-refractivity contribution < 1.29 is 83.0 Å². The van der Waals surface area contributed by atoms with Crippen molar-refractivity contribution in [2.45, 2.75) is 165 Å². The summed E-state index contributed by atoms with van der Waals surface area (Å²) in [7, 11) is 1.13. The first-order chi connectivity index (χ1) is 27.4. The number of esters is 4. The lowest BCUT2D eigenvalue weighted by atomic mass is 9.70. The number of hydrogen-bond donors (Lipinski definition) is 6. The molecule has 0 radical (unpaired) electrons. The Kier molecular flexibility index (Phi) is 15.4. The number of carbonyl (C=O) groups excluding carboxylic acids is 4. The normalized spacial score (nSPS) is 39.1. The van der Waals surface area contributed by atoms with E-state index in [1.807, 2.05) is 0 Å². The molecule has 17 heteroatoms. The van der Waals surface area contributed by atoms with Crippen molar-refractivity contribution in [1.82, 2.24) is 0 Å². The second-order valence-corrected chi connectivity index (χ2v) is 17.2. The van der Waals surface area contributed by atoms with Gasteiger partial charge in [-0.3, -0.25) is 9.59 Å². The molecule has 12 atom stereocenters. The number of cyclic esters (lactones) is 1. The van der Waals surface area contributed by atoms with Gasteiger partial charge in [0.25, 0.3) is 0 Å². The number of methoxy groups -OCH3 is 1. The maximum Gasteiger partial charge on any atom is 0.385 e. The molecule has 0 aromatic heterocycles. The molecule has 4 aliphatic heterocycles. The van der Waals surface area contributed by atoms with E-state index in [1.54, 1.807) is 13.8 Å². The molecular weight excluding hydrogens is 776 g/mol. The van der Waals surface area contributed by atoms with Crippen molar-refractivity contribution in [2.24, 2.45) is 10.8 Å². The maximum absolute atomic E-state index is 13.3. The molecule has 6 bridgehead atoms. The molecule has 0 aromatic carbocycles. The fourth-order valence-corrected chi connectivity index (χ4v) is 8.22. The third-order valence-corrected chi connectivity index (χ3v) is 11.7. The third kappa shape index (κ3) is 11.4. The molecule has 4 aliphatic rings. The molecular formula is C42H60O17. The van der Waals surface area contributed by atoms with Crippen LogP contribution in [0.3, 0.4) is 0 Å². The molecule has 0 aliphatic carbocycles. The molecule has 6 N–H and O–H groups in total. The average molecular weight is 837 g/mol. The Balaban J connectivity index is 1.88. The Morgan fingerprint density at radius 3 is 2.31 bits per heavy atom. The fraction of sp³-hybridized carbons (Fsp3) is 0.714. The predicted octanol–water partition coefficient (Wildman–Crippen LogP) is 1.18. The predicted molar refractivity (Wildman–Crippen MR) is 205 cm³/mol. The molecule has 3 saturated heterocycles. The second kappa shape index (κ2) is 18.9. The van der Waals surface area contributed by atoms with Gasteiger partial charge in [-0.2, -0.15) is 0 Å². The largest absolute Gasteiger partial charge is 0.466 e. The van der Waals surface area contributed by atoms with Crippen LogP contribution in [0, 0.1) is 22.7 Å². The quantitative estimate of drug-likeness (QED) is 0.0568. The molecule has 4 rings (SSSR count). The summed E-state index contributed by atoms with van der Waals surface area (Å²) >= 11 is 0. The first-order valence-electron chi connectivity index (χ1n) is 19.7. The minimum absolute atomic E-state index is 0.0390. The maximum atomic E-state index is 13.3. The topological polar surface area (TPSA) is 254 Å². The van der Waals surface area contributed by atoms with Crippen LogP contribution in [0.4, 0.5) is 0 Å². The SMILES string of the molecule is C=CC#CC(=O)O[C@H]1/C(=C/C(=O)OC)C[C@H]2C[C@H]([C@@H](C)O)OC(=O)C[C@H](O)C[C@@H]3C[C@H](OC(C)=O)C(C)(C)[C@](O)(C[C@@H]4C[C@@](O)(CO)C[C@H](/C=C/C(C)(C)[C@]1(O)O2)O4)O3. The average Bonchev–Trinajstić information content (AvgIpc) is 3.12. The van der Waals surface area contributed by atoms with E-state index >= 15 is 0 Å². The van der Waals surface area contributed by atoms with Crippen LogP contribution in [0.5, 0.6) is 0 Å². The van der Waals surface area contributed by atoms with Crippen molar-refractivity contribution in [1.29, 1.82) is 0 Å². The van der Waals surface area contributed by atoms with Gasteiger partial charge in [-0.05, 0) is 25.0 Å². The van der Waals surface area contributed by atoms with Crippen LogP contribution >= 0.6 is 0 Å². The fourth-order valence-electron chi connectivity index (χ4n) is 8.22. The van der Waals surface area contributed by atoms with Crippen molar-refractivity contribution in [3.63, 3.8) is 0 Å². The Hall–Kier alpha value is -3.70. The standard InChI is InChI=1S/C42H60O17/c1-9-10-11-34(47)57-37-26(15-35(48)53-8)14-29-18-32(24(2)44)56-36(49)17-27(46)16-30-19-33(54-25(3)45)39(6,7)41(51,58-30)22-31-21-40(50,23-43)20-28(55-31)12-13-38(4,5)42(37,52)59-29/h9,12-13,15,24,27-33,37,43-44,46,50-52H,1,14,16-23H2,2-8H3/b13-12+,26-15+/t24-,27-,28+,29+,30-,31+,32-,33+,37+,40-,41+,42-/m1/s1. The minimum atomic E-state index is -2.53. The number of aliphatic hydroxyl groups excluding tert-OH is 3. The summed E-state index contributed by atoms with van der Waals surface area (Å²) in [6, 6.07) is 0. The van der Waals surface area contributed by atoms with Crippen LogP contribution in [0.25, 0.3) is 0 Å². The number of hydrogen-bond acceptors (Lipinski definition) is 17. The van der Waals surface area contributed by atoms with Crippen LogP contribution in [-0.4, -0.2) is 140 Å². The van der Waals surface area contributed by atoms with Gasteiger partial charge in [-0.25, -0.2) is 9.59 Å². The van der Waals surface area contributed by atoms with Crippen molar-refractivity contribution in [3.05, 3.63) is 36.5 Å². The van der Waals surface area contributed by atoms with E-state index in [1.165, 1.54) is 39.8 Å². The van der Waals surface area contributed by atoms with E-state index in [-0.39, 0.29) is 50.5 Å². The van der Waals surface area contributed by atoms with E-state index in [0.717, 1.165) is 19.3 Å². The molecule has 59 heavy (non-hydrogen) atoms. The number of fused-ring (bicyclic) bond motifs is 6. The number of aliphatic hydroxyl groups is 6. The smallest absolute Gasteiger partial charge is 0.385 e. The zero-order chi connectivity index (χ0) is 44.1. The first kappa shape index (κ1) is 48.0. The van der Waals surface area contributed by atoms with Gasteiger partial charge in [-0.15, -0.1) is 0 Å². The van der Waals surface area contributed by atoms with Crippen molar-refractivity contribution >= 4 is 23.9 Å². The molecule has 4 heterocycles. The van der Waals surface area contributed by atoms with Crippen LogP contribution in [0.2, 0.25) is 0 Å². The summed E-state index contributed by atoms with van der Waals surface area (Å²) in [6.07, 6.45) is -7.24. The van der Waals surface area contributed by atoms with Gasteiger partial charge in [0.1, 0.15) is 12.2 Å². The van der Waals surface area contributed by atoms with Gasteiger partial charge in [0, 0.05) is 62.9 Å². The highest BCUT2D eigenvalue weighted by atomic mass is 16.7. The molecule has 0 aromatic rings. The summed E-state index contributed by atoms with van der Waals surface area (Å²) in [5, 5.41) is 68.9. The Morgan fingerprint density at radius 1 is 1.00 bits per heavy atom. The van der Waals surface area contributed by atoms with Gasteiger partial charge in [0.15, 0.2) is 11.9 Å². The lowest BCUT2D eigenvalue weighted by Crippen LogP contribution is -2.63. The first-order valence-corrected chi connectivity index (χ1v) is 19.7. The number of ether oxygens (including phenoxy) is 7. The van der Waals surface area contributed by atoms with Crippen LogP contribution in [-0.2, 0) is 52.3 Å². The lowest BCUT2D eigenvalue weighted by Gasteiger charge is -2.54. The monoisotopic (exact) mass is 836 g/mol. The zero-order valence-corrected chi connectivity index (χ0v) is 34.8. The van der Waals surface area contributed by atoms with Crippen LogP contribution in [0.1, 0.15) is 92.9 Å². The summed E-state index contributed by atoms with van der Waals surface area (Å²) in [4.78, 5) is 51.3. The Bertz CT molecular complexity index is 1690. The molecule has 17 nitrogen and oxygen atoms in total. The van der Waals surface area contributed by atoms with Gasteiger partial charge in [0.05, 0.1) is 67.8 Å². The highest BCUT2D eigenvalue weighted by Gasteiger charge is 2.60. The third-order valence-electron chi connectivity index (χ3n) is 11.7. The number of allylic oxidation sites excluding steroid dienone is 1. The van der Waals surface area contributed by atoms with E-state index in [4.69, 9.17) is 33.2 Å². The van der Waals surface area contributed by atoms with Crippen molar-refractivity contribution in [3.8, 4) is 11.8 Å². The van der Waals surface area contributed by atoms with E-state index in [0.29, 0.717) is 0 Å². The number of carbonyl (C=O) groups is 4. The van der Waals surface area contributed by atoms with Crippen LogP contribution in [0.15, 0.2) is 36.5 Å². The highest BCUT2D eigenvalue weighted by molar-refractivity contribution is 5.89. The molecule has 330 valence electrons. The Morgan fingerprint density at radius 2 is 1.69 bits per heavy atom. The zero-order valence-electron chi connectivity index (χ0n) is 34.8. The van der Waals surface area contributed by atoms with Crippen molar-refractivity contribution in [2.75, 3.05) is 13.7 Å². The van der Waals surface area contributed by atoms with E-state index in [9.17, 15) is 49.8 Å². The minimum Gasteiger partial charge on any atom is -0.466 e. The molecule has 0 spiro atoms. The van der Waals surface area contributed by atoms with Gasteiger partial charge < -0.3 is 63.8 Å². The number of rotatable bonds is 5. The van der Waals surface area contributed by atoms with Crippen LogP contribution < -0.4 is 0 Å². The summed E-state index contributed by atoms with van der Waals surface area (Å²) in [6.45, 7) is 11.7. The molecule has 0 unspecified atom stereocenters. The van der Waals surface area contributed by atoms with E-state index in [2.05, 4.69) is 18.4 Å². The summed E-state index contributed by atoms with van der Waals surface area (Å²) < 4.78 is 40.9. The van der Waals surface area contributed by atoms with Gasteiger partial charge >= 0.3 is 23.9 Å². The van der Waals surface area contributed by atoms with E-state index < -0.39 is 120 Å². The summed E-state index contributed by atoms with van der Waals surface area (Å²) in [5.74, 6) is -3.55. The molecule has 0 saturated carbocycles. The lowest BCUT2D eigenvalue weighted by molar-refractivity contribution is -0.351. The van der Waals surface area contributed by atoms with Gasteiger partial charge in [-0.1, -0.05) is 52.3 Å².